The molecule has 1 atom stereocenters. The van der Waals surface area contributed by atoms with Gasteiger partial charge in [-0.15, -0.1) is 11.8 Å². The third-order valence-corrected chi connectivity index (χ3v) is 8.17. The molecular weight excluding hydrogens is 541 g/mol. The number of allylic oxidation sites excluding steroid dienone is 1. The van der Waals surface area contributed by atoms with E-state index in [9.17, 15) is 9.59 Å². The Balaban J connectivity index is 1.58. The summed E-state index contributed by atoms with van der Waals surface area (Å²) in [6.45, 7) is 5.37. The molecule has 3 aromatic heterocycles. The minimum absolute atomic E-state index is 0.257. The monoisotopic (exact) mass is 564 g/mol. The summed E-state index contributed by atoms with van der Waals surface area (Å²) in [5, 5.41) is 1.17. The highest BCUT2D eigenvalue weighted by atomic mass is 32.2. The predicted molar refractivity (Wildman–Crippen MR) is 148 cm³/mol. The number of thiazole rings is 1. The molecule has 8 nitrogen and oxygen atoms in total. The average molecular weight is 565 g/mol. The Morgan fingerprint density at radius 1 is 1.16 bits per heavy atom. The van der Waals surface area contributed by atoms with Crippen molar-refractivity contribution in [3.8, 4) is 0 Å². The van der Waals surface area contributed by atoms with Gasteiger partial charge in [0.05, 0.1) is 27.9 Å². The Kier molecular flexibility index (Phi) is 7.68. The third kappa shape index (κ3) is 5.40. The lowest BCUT2D eigenvalue weighted by molar-refractivity contribution is -0.143. The number of furan rings is 1. The first kappa shape index (κ1) is 26.2. The van der Waals surface area contributed by atoms with Crippen LogP contribution in [0, 0.1) is 0 Å². The van der Waals surface area contributed by atoms with Crippen molar-refractivity contribution in [3.05, 3.63) is 97.1 Å². The highest BCUT2D eigenvalue weighted by Crippen LogP contribution is 2.32. The highest BCUT2D eigenvalue weighted by molar-refractivity contribution is 7.99. The molecule has 0 amide bonds. The van der Waals surface area contributed by atoms with Crippen LogP contribution in [0.15, 0.2) is 95.5 Å². The molecule has 4 heterocycles. The number of fused-ring (bicyclic) bond motifs is 1. The van der Waals surface area contributed by atoms with Crippen LogP contribution in [0.1, 0.15) is 38.1 Å². The second kappa shape index (κ2) is 11.1. The topological polar surface area (TPSA) is 99.6 Å². The fourth-order valence-corrected chi connectivity index (χ4v) is 6.10. The van der Waals surface area contributed by atoms with Gasteiger partial charge in [-0.1, -0.05) is 23.5 Å². The molecule has 0 saturated heterocycles. The van der Waals surface area contributed by atoms with E-state index in [-0.39, 0.29) is 11.7 Å². The summed E-state index contributed by atoms with van der Waals surface area (Å²) >= 11 is 4.17. The molecule has 0 unspecified atom stereocenters. The van der Waals surface area contributed by atoms with Gasteiger partial charge in [0.2, 0.25) is 0 Å². The molecule has 0 spiro atoms. The van der Waals surface area contributed by atoms with Crippen LogP contribution >= 0.6 is 34.9 Å². The molecule has 5 rings (SSSR count). The van der Waals surface area contributed by atoms with Crippen molar-refractivity contribution in [2.24, 2.45) is 4.99 Å². The fourth-order valence-electron chi connectivity index (χ4n) is 3.99. The van der Waals surface area contributed by atoms with E-state index in [0.29, 0.717) is 36.6 Å². The maximum absolute atomic E-state index is 13.8. The molecule has 0 aliphatic carbocycles. The lowest BCUT2D eigenvalue weighted by atomic mass is 9.96. The van der Waals surface area contributed by atoms with Crippen molar-refractivity contribution < 1.29 is 13.9 Å². The summed E-state index contributed by atoms with van der Waals surface area (Å²) in [4.78, 5) is 41.6. The molecule has 38 heavy (non-hydrogen) atoms. The van der Waals surface area contributed by atoms with Gasteiger partial charge >= 0.3 is 5.97 Å². The molecule has 194 valence electrons. The number of benzene rings is 1. The smallest absolute Gasteiger partial charge is 0.338 e. The number of carbonyl (C=O) groups is 1. The largest absolute Gasteiger partial charge is 0.459 e. The van der Waals surface area contributed by atoms with E-state index in [0.717, 1.165) is 10.5 Å². The van der Waals surface area contributed by atoms with Crippen molar-refractivity contribution >= 4 is 46.9 Å². The normalized spacial score (nSPS) is 15.5. The summed E-state index contributed by atoms with van der Waals surface area (Å²) in [5.74, 6) is 0.0371. The second-order valence-electron chi connectivity index (χ2n) is 8.60. The van der Waals surface area contributed by atoms with E-state index >= 15 is 0 Å². The van der Waals surface area contributed by atoms with E-state index in [4.69, 9.17) is 9.15 Å². The zero-order valence-electron chi connectivity index (χ0n) is 21.1. The van der Waals surface area contributed by atoms with Gasteiger partial charge in [-0.25, -0.2) is 19.8 Å². The Hall–Kier alpha value is -3.41. The number of thioether (sulfide) groups is 1. The van der Waals surface area contributed by atoms with Crippen LogP contribution in [0.5, 0.6) is 0 Å². The zero-order chi connectivity index (χ0) is 26.8. The van der Waals surface area contributed by atoms with Crippen molar-refractivity contribution in [1.82, 2.24) is 14.5 Å². The van der Waals surface area contributed by atoms with Crippen molar-refractivity contribution in [3.63, 3.8) is 0 Å². The molecule has 1 aromatic carbocycles. The van der Waals surface area contributed by atoms with Crippen LogP contribution in [0.3, 0.4) is 0 Å². The van der Waals surface area contributed by atoms with Crippen LogP contribution in [-0.4, -0.2) is 32.9 Å². The van der Waals surface area contributed by atoms with Crippen LogP contribution in [0.25, 0.3) is 6.08 Å². The minimum atomic E-state index is -0.659. The summed E-state index contributed by atoms with van der Waals surface area (Å²) in [6, 6.07) is 12.5. The average Bonchev–Trinajstić information content (AvgIpc) is 3.46. The first-order valence-corrected chi connectivity index (χ1v) is 14.6. The third-order valence-electron chi connectivity index (χ3n) is 5.63. The SMILES string of the molecule is CSc1ccc([C@@H]2C(C(=O)OC(C)C)=C(C)N=c3s/c(=C\c4ccc(Sc5ncccn5)o4)c(=O)n32)cc1. The Morgan fingerprint density at radius 3 is 2.58 bits per heavy atom. The molecular formula is C27H24N4O4S3. The van der Waals surface area contributed by atoms with E-state index in [1.807, 2.05) is 36.6 Å². The number of hydrogen-bond acceptors (Lipinski definition) is 10. The first-order valence-electron chi connectivity index (χ1n) is 11.8. The lowest BCUT2D eigenvalue weighted by Crippen LogP contribution is -2.40. The molecule has 1 aliphatic rings. The molecule has 4 aromatic rings. The Morgan fingerprint density at radius 2 is 1.89 bits per heavy atom. The van der Waals surface area contributed by atoms with Gasteiger partial charge in [-0.2, -0.15) is 0 Å². The summed E-state index contributed by atoms with van der Waals surface area (Å²) in [6.07, 6.45) is 6.72. The lowest BCUT2D eigenvalue weighted by Gasteiger charge is -2.25. The zero-order valence-corrected chi connectivity index (χ0v) is 23.5. The number of rotatable bonds is 7. The Labute approximate surface area is 231 Å². The van der Waals surface area contributed by atoms with Gasteiger partial charge in [-0.3, -0.25) is 9.36 Å². The molecule has 0 bridgehead atoms. The van der Waals surface area contributed by atoms with Gasteiger partial charge in [-0.05, 0) is 74.7 Å². The first-order chi connectivity index (χ1) is 18.3. The maximum atomic E-state index is 13.8. The van der Waals surface area contributed by atoms with Crippen molar-refractivity contribution in [1.29, 1.82) is 0 Å². The maximum Gasteiger partial charge on any atom is 0.338 e. The van der Waals surface area contributed by atoms with Gasteiger partial charge in [0, 0.05) is 23.4 Å². The predicted octanol–water partition coefficient (Wildman–Crippen LogP) is 4.44. The van der Waals surface area contributed by atoms with Crippen molar-refractivity contribution in [2.45, 2.75) is 48.1 Å². The van der Waals surface area contributed by atoms with Gasteiger partial charge in [0.1, 0.15) is 5.76 Å². The van der Waals surface area contributed by atoms with Gasteiger partial charge in [0.25, 0.3) is 5.56 Å². The van der Waals surface area contributed by atoms with E-state index in [1.165, 1.54) is 23.1 Å². The molecule has 0 N–H and O–H groups in total. The number of nitrogens with zero attached hydrogens (tertiary/aromatic N) is 4. The van der Waals surface area contributed by atoms with E-state index in [1.54, 1.807) is 67.7 Å². The van der Waals surface area contributed by atoms with Gasteiger partial charge in [0.15, 0.2) is 15.1 Å². The number of esters is 1. The molecule has 1 aliphatic heterocycles. The van der Waals surface area contributed by atoms with Crippen LogP contribution in [-0.2, 0) is 9.53 Å². The summed E-state index contributed by atoms with van der Waals surface area (Å²) < 4.78 is 13.5. The molecule has 0 fully saturated rings. The number of carbonyl (C=O) groups excluding carboxylic acids is 1. The number of aromatic nitrogens is 3. The quantitative estimate of drug-likeness (QED) is 0.185. The van der Waals surface area contributed by atoms with Crippen molar-refractivity contribution in [2.75, 3.05) is 6.26 Å². The standard InChI is InChI=1S/C27H24N4O4S3/c1-15(2)34-25(33)22-16(3)30-27-31(23(22)17-6-9-19(36-4)10-7-17)24(32)20(37-27)14-18-8-11-21(35-18)38-26-28-12-5-13-29-26/h5-15,23H,1-4H3/b20-14-/t23-/m1/s1. The summed E-state index contributed by atoms with van der Waals surface area (Å²) in [5.41, 5.74) is 1.43. The van der Waals surface area contributed by atoms with Crippen LogP contribution in [0.4, 0.5) is 0 Å². The summed E-state index contributed by atoms with van der Waals surface area (Å²) in [7, 11) is 0. The second-order valence-corrected chi connectivity index (χ2v) is 11.5. The Bertz CT molecular complexity index is 1690. The molecule has 11 heteroatoms. The highest BCUT2D eigenvalue weighted by Gasteiger charge is 2.33. The minimum Gasteiger partial charge on any atom is -0.459 e. The van der Waals surface area contributed by atoms with E-state index < -0.39 is 12.0 Å². The van der Waals surface area contributed by atoms with Gasteiger partial charge < -0.3 is 9.15 Å². The fraction of sp³-hybridized carbons (Fsp3) is 0.222. The van der Waals surface area contributed by atoms with Crippen LogP contribution < -0.4 is 14.9 Å². The number of ether oxygens (including phenoxy) is 1. The molecule has 0 radical (unpaired) electrons. The molecule has 0 saturated carbocycles. The number of hydrogen-bond donors (Lipinski definition) is 0. The van der Waals surface area contributed by atoms with Crippen LogP contribution in [0.2, 0.25) is 0 Å². The van der Waals surface area contributed by atoms with E-state index in [2.05, 4.69) is 15.0 Å².